The van der Waals surface area contributed by atoms with Gasteiger partial charge < -0.3 is 4.57 Å². The van der Waals surface area contributed by atoms with Crippen LogP contribution in [0, 0.1) is 0 Å². The van der Waals surface area contributed by atoms with Gasteiger partial charge in [0, 0.05) is 16.5 Å². The van der Waals surface area contributed by atoms with E-state index >= 15 is 0 Å². The Hall–Kier alpha value is -6.96. The number of para-hydroxylation sites is 2. The summed E-state index contributed by atoms with van der Waals surface area (Å²) < 4.78 is 2.41. The maximum absolute atomic E-state index is 2.57. The molecule has 3 aliphatic rings. The van der Waals surface area contributed by atoms with Gasteiger partial charge in [-0.05, 0) is 119 Å². The van der Waals surface area contributed by atoms with Gasteiger partial charge in [-0.2, -0.15) is 0 Å². The van der Waals surface area contributed by atoms with Crippen LogP contribution < -0.4 is 0 Å². The summed E-state index contributed by atoms with van der Waals surface area (Å²) >= 11 is 0. The highest BCUT2D eigenvalue weighted by atomic mass is 15.0. The summed E-state index contributed by atoms with van der Waals surface area (Å²) in [6, 6.07) is 70.7. The van der Waals surface area contributed by atoms with Gasteiger partial charge >= 0.3 is 0 Å². The maximum atomic E-state index is 2.57. The quantitative estimate of drug-likeness (QED) is 0.171. The van der Waals surface area contributed by atoms with Crippen LogP contribution in [0.3, 0.4) is 0 Å². The van der Waals surface area contributed by atoms with Gasteiger partial charge in [0.2, 0.25) is 0 Å². The molecule has 10 aromatic rings. The largest absolute Gasteiger partial charge is 0.309 e. The Morgan fingerprint density at radius 2 is 0.852 bits per heavy atom. The van der Waals surface area contributed by atoms with Gasteiger partial charge in [-0.3, -0.25) is 0 Å². The van der Waals surface area contributed by atoms with E-state index in [2.05, 4.69) is 193 Å². The van der Waals surface area contributed by atoms with Crippen molar-refractivity contribution in [2.75, 3.05) is 0 Å². The molecular formula is C53H31N. The summed E-state index contributed by atoms with van der Waals surface area (Å²) in [5.74, 6) is 0. The van der Waals surface area contributed by atoms with Gasteiger partial charge in [0.1, 0.15) is 0 Å². The predicted molar refractivity (Wildman–Crippen MR) is 224 cm³/mol. The molecule has 0 aliphatic heterocycles. The molecule has 1 nitrogen and oxygen atoms in total. The van der Waals surface area contributed by atoms with Crippen molar-refractivity contribution < 1.29 is 0 Å². The normalized spacial score (nSPS) is 15.5. The molecule has 0 N–H and O–H groups in total. The molecule has 3 aliphatic carbocycles. The second kappa shape index (κ2) is 10.1. The van der Waals surface area contributed by atoms with Crippen molar-refractivity contribution in [3.8, 4) is 61.3 Å². The van der Waals surface area contributed by atoms with Crippen molar-refractivity contribution in [1.82, 2.24) is 4.57 Å². The minimum atomic E-state index is -0.474. The molecule has 0 amide bonds. The number of rotatable bonds is 2. The van der Waals surface area contributed by atoms with Gasteiger partial charge in [0.25, 0.3) is 0 Å². The molecule has 1 unspecified atom stereocenters. The SMILES string of the molecule is c1ccc2c(c1)-c1cccc3c4c(cc-2c13)C1(c2ccccc2-c2cccc(-c3ccc(-n5c6ccccc6c6ccccc65)cc3)c21)c1ccccc1-4. The monoisotopic (exact) mass is 681 g/mol. The smallest absolute Gasteiger partial charge is 0.0731 e. The van der Waals surface area contributed by atoms with Crippen LogP contribution in [-0.4, -0.2) is 4.57 Å². The first-order valence-electron chi connectivity index (χ1n) is 18.9. The first-order valence-corrected chi connectivity index (χ1v) is 18.9. The molecule has 13 rings (SSSR count). The van der Waals surface area contributed by atoms with Crippen LogP contribution in [0.4, 0.5) is 0 Å². The highest BCUT2D eigenvalue weighted by molar-refractivity contribution is 6.21. The van der Waals surface area contributed by atoms with Crippen LogP contribution in [0.15, 0.2) is 188 Å². The van der Waals surface area contributed by atoms with Crippen molar-refractivity contribution in [3.05, 3.63) is 210 Å². The van der Waals surface area contributed by atoms with Crippen molar-refractivity contribution in [2.24, 2.45) is 0 Å². The van der Waals surface area contributed by atoms with E-state index in [0.29, 0.717) is 0 Å². The number of aromatic nitrogens is 1. The van der Waals surface area contributed by atoms with Gasteiger partial charge in [-0.15, -0.1) is 0 Å². The molecule has 0 saturated heterocycles. The molecule has 0 fully saturated rings. The second-order valence-electron chi connectivity index (χ2n) is 15.1. The van der Waals surface area contributed by atoms with Crippen molar-refractivity contribution in [2.45, 2.75) is 5.41 Å². The molecule has 0 bridgehead atoms. The molecule has 9 aromatic carbocycles. The first-order chi connectivity index (χ1) is 26.8. The van der Waals surface area contributed by atoms with Gasteiger partial charge in [-0.1, -0.05) is 158 Å². The van der Waals surface area contributed by atoms with Crippen LogP contribution >= 0.6 is 0 Å². The fourth-order valence-electron chi connectivity index (χ4n) is 10.8. The Morgan fingerprint density at radius 3 is 1.59 bits per heavy atom. The number of hydrogen-bond acceptors (Lipinski definition) is 0. The fourth-order valence-corrected chi connectivity index (χ4v) is 10.8. The number of hydrogen-bond donors (Lipinski definition) is 0. The third kappa shape index (κ3) is 3.33. The minimum absolute atomic E-state index is 0.474. The molecule has 1 heterocycles. The van der Waals surface area contributed by atoms with E-state index in [1.165, 1.54) is 116 Å². The molecule has 248 valence electrons. The number of nitrogens with zero attached hydrogens (tertiary/aromatic N) is 1. The van der Waals surface area contributed by atoms with Crippen molar-refractivity contribution in [3.63, 3.8) is 0 Å². The highest BCUT2D eigenvalue weighted by Gasteiger charge is 2.53. The summed E-state index contributed by atoms with van der Waals surface area (Å²) in [6.07, 6.45) is 0. The molecule has 1 aromatic heterocycles. The second-order valence-corrected chi connectivity index (χ2v) is 15.1. The summed E-state index contributed by atoms with van der Waals surface area (Å²) in [5.41, 5.74) is 21.9. The van der Waals surface area contributed by atoms with E-state index in [9.17, 15) is 0 Å². The predicted octanol–water partition coefficient (Wildman–Crippen LogP) is 13.6. The molecule has 54 heavy (non-hydrogen) atoms. The van der Waals surface area contributed by atoms with Gasteiger partial charge in [-0.25, -0.2) is 0 Å². The molecule has 1 atom stereocenters. The minimum Gasteiger partial charge on any atom is -0.309 e. The zero-order valence-corrected chi connectivity index (χ0v) is 29.3. The average Bonchev–Trinajstić information content (AvgIpc) is 3.94. The van der Waals surface area contributed by atoms with Crippen molar-refractivity contribution in [1.29, 1.82) is 0 Å². The van der Waals surface area contributed by atoms with Crippen LogP contribution in [0.5, 0.6) is 0 Å². The molecule has 0 saturated carbocycles. The fraction of sp³-hybridized carbons (Fsp3) is 0.0189. The van der Waals surface area contributed by atoms with E-state index in [-0.39, 0.29) is 0 Å². The summed E-state index contributed by atoms with van der Waals surface area (Å²) in [7, 11) is 0. The van der Waals surface area contributed by atoms with Crippen LogP contribution in [-0.2, 0) is 5.41 Å². The first kappa shape index (κ1) is 28.6. The third-order valence-electron chi connectivity index (χ3n) is 12.8. The van der Waals surface area contributed by atoms with E-state index in [1.54, 1.807) is 0 Å². The Labute approximate surface area is 313 Å². The summed E-state index contributed by atoms with van der Waals surface area (Å²) in [4.78, 5) is 0. The number of fused-ring (bicyclic) bond motifs is 17. The van der Waals surface area contributed by atoms with E-state index < -0.39 is 5.41 Å². The van der Waals surface area contributed by atoms with Crippen molar-refractivity contribution >= 4 is 32.6 Å². The van der Waals surface area contributed by atoms with Gasteiger partial charge in [0.15, 0.2) is 0 Å². The molecule has 1 heteroatoms. The lowest BCUT2D eigenvalue weighted by atomic mass is 9.68. The summed E-state index contributed by atoms with van der Waals surface area (Å²) in [6.45, 7) is 0. The van der Waals surface area contributed by atoms with Gasteiger partial charge in [0.05, 0.1) is 16.4 Å². The lowest BCUT2D eigenvalue weighted by Gasteiger charge is -2.32. The zero-order valence-electron chi connectivity index (χ0n) is 29.3. The Bertz CT molecular complexity index is 3210. The maximum Gasteiger partial charge on any atom is 0.0731 e. The zero-order chi connectivity index (χ0) is 35.1. The third-order valence-corrected chi connectivity index (χ3v) is 12.8. The van der Waals surface area contributed by atoms with E-state index in [1.807, 2.05) is 0 Å². The molecule has 0 radical (unpaired) electrons. The molecular weight excluding hydrogens is 651 g/mol. The van der Waals surface area contributed by atoms with Crippen LogP contribution in [0.25, 0.3) is 93.9 Å². The van der Waals surface area contributed by atoms with Crippen LogP contribution in [0.1, 0.15) is 22.3 Å². The Kier molecular flexibility index (Phi) is 5.36. The lowest BCUT2D eigenvalue weighted by molar-refractivity contribution is 0.796. The highest BCUT2D eigenvalue weighted by Crippen LogP contribution is 2.67. The Morgan fingerprint density at radius 1 is 0.333 bits per heavy atom. The standard InChI is InChI=1S/C53H31N/c1-2-14-36-35(13-1)40-20-12-22-43-50(40)44(36)31-47-51(43)42-18-4-8-24-46(42)53(47)45-23-7-3-15-37(45)41-21-11-19-34(52(41)53)32-27-29-33(30-28-32)54-48-25-9-5-16-38(48)39-17-6-10-26-49(39)54/h1-31H. The lowest BCUT2D eigenvalue weighted by Crippen LogP contribution is -2.26. The topological polar surface area (TPSA) is 4.93 Å². The average molecular weight is 682 g/mol. The molecule has 1 spiro atoms. The number of benzene rings is 9. The van der Waals surface area contributed by atoms with Crippen LogP contribution in [0.2, 0.25) is 0 Å². The van der Waals surface area contributed by atoms with E-state index in [4.69, 9.17) is 0 Å². The van der Waals surface area contributed by atoms with E-state index in [0.717, 1.165) is 0 Å². The Balaban J connectivity index is 1.10. The summed E-state index contributed by atoms with van der Waals surface area (Å²) in [5, 5.41) is 5.29.